The third kappa shape index (κ3) is 14.9. The van der Waals surface area contributed by atoms with Crippen molar-refractivity contribution >= 4 is 11.8 Å². The van der Waals surface area contributed by atoms with E-state index in [2.05, 4.69) is 152 Å². The number of aromatic hydroxyl groups is 2. The number of nitrogens with zero attached hydrogens (tertiary/aromatic N) is 6. The summed E-state index contributed by atoms with van der Waals surface area (Å²) in [5.41, 5.74) is 11.6. The molecule has 8 bridgehead atoms. The molecular weight excluding hydrogens is 1040 g/mol. The van der Waals surface area contributed by atoms with Crippen LogP contribution in [0, 0.1) is 0 Å². The molecule has 84 heavy (non-hydrogen) atoms. The van der Waals surface area contributed by atoms with Gasteiger partial charge in [0.15, 0.2) is 13.2 Å². The second kappa shape index (κ2) is 24.8. The van der Waals surface area contributed by atoms with E-state index in [-0.39, 0.29) is 110 Å². The first-order chi connectivity index (χ1) is 39.8. The molecule has 0 aliphatic heterocycles. The zero-order chi connectivity index (χ0) is 60.1. The van der Waals surface area contributed by atoms with Gasteiger partial charge in [0, 0.05) is 50.5 Å². The topological polar surface area (TPSA) is 151 Å². The van der Waals surface area contributed by atoms with Gasteiger partial charge in [-0.2, -0.15) is 0 Å². The van der Waals surface area contributed by atoms with Crippen molar-refractivity contribution in [3.63, 3.8) is 0 Å². The molecule has 4 aromatic heterocycles. The molecule has 0 fully saturated rings. The molecule has 4 aromatic carbocycles. The molecule has 436 valence electrons. The van der Waals surface area contributed by atoms with Crippen molar-refractivity contribution in [2.75, 3.05) is 13.2 Å². The number of aromatic nitrogens is 4. The van der Waals surface area contributed by atoms with E-state index in [0.29, 0.717) is 33.8 Å². The Balaban J connectivity index is 1.22. The molecule has 1 aliphatic carbocycles. The number of amides is 2. The smallest absolute Gasteiger partial charge is 0.261 e. The van der Waals surface area contributed by atoms with Crippen molar-refractivity contribution in [2.45, 2.75) is 157 Å². The Hall–Kier alpha value is -8.38. The Morgan fingerprint density at radius 2 is 0.607 bits per heavy atom. The number of fused-ring (bicyclic) bond motifs is 8. The van der Waals surface area contributed by atoms with Crippen LogP contribution in [0.3, 0.4) is 0 Å². The predicted molar refractivity (Wildman–Crippen MR) is 332 cm³/mol. The van der Waals surface area contributed by atoms with Crippen molar-refractivity contribution in [3.8, 4) is 23.0 Å². The van der Waals surface area contributed by atoms with Gasteiger partial charge in [-0.25, -0.2) is 0 Å². The first-order valence-electron chi connectivity index (χ1n) is 29.2. The summed E-state index contributed by atoms with van der Waals surface area (Å²) in [7, 11) is 0. The van der Waals surface area contributed by atoms with Crippen LogP contribution in [0.15, 0.2) is 146 Å². The monoisotopic (exact) mass is 1130 g/mol. The van der Waals surface area contributed by atoms with E-state index in [0.717, 1.165) is 67.3 Å². The van der Waals surface area contributed by atoms with Crippen LogP contribution in [0.1, 0.15) is 173 Å². The number of hydrogen-bond acceptors (Lipinski definition) is 10. The largest absolute Gasteiger partial charge is 0.507 e. The van der Waals surface area contributed by atoms with Crippen molar-refractivity contribution in [2.24, 2.45) is 0 Å². The lowest BCUT2D eigenvalue weighted by Crippen LogP contribution is -2.35. The summed E-state index contributed by atoms with van der Waals surface area (Å²) in [5, 5.41) is 26.0. The van der Waals surface area contributed by atoms with Gasteiger partial charge in [-0.3, -0.25) is 29.5 Å². The molecule has 0 atom stereocenters. The number of phenols is 2. The minimum atomic E-state index is -0.341. The minimum absolute atomic E-state index is 0.135. The molecule has 2 N–H and O–H groups in total. The highest BCUT2D eigenvalue weighted by atomic mass is 16.5. The van der Waals surface area contributed by atoms with E-state index >= 15 is 0 Å². The van der Waals surface area contributed by atoms with Gasteiger partial charge in [0.2, 0.25) is 0 Å². The first-order valence-corrected chi connectivity index (χ1v) is 29.2. The maximum Gasteiger partial charge on any atom is 0.261 e. The number of benzene rings is 4. The van der Waals surface area contributed by atoms with Crippen LogP contribution >= 0.6 is 0 Å². The van der Waals surface area contributed by atoms with Gasteiger partial charge in [0.1, 0.15) is 23.0 Å². The van der Waals surface area contributed by atoms with Crippen LogP contribution < -0.4 is 9.47 Å². The first kappa shape index (κ1) is 60.2. The van der Waals surface area contributed by atoms with E-state index in [9.17, 15) is 19.8 Å². The lowest BCUT2D eigenvalue weighted by molar-refractivity contribution is -0.135. The molecule has 0 spiro atoms. The van der Waals surface area contributed by atoms with E-state index < -0.39 is 0 Å². The quantitative estimate of drug-likeness (QED) is 0.108. The summed E-state index contributed by atoms with van der Waals surface area (Å²) >= 11 is 0. The summed E-state index contributed by atoms with van der Waals surface area (Å²) in [6, 6.07) is 39.6. The Bertz CT molecular complexity index is 3200. The van der Waals surface area contributed by atoms with Gasteiger partial charge in [0.05, 0.1) is 49.0 Å². The highest BCUT2D eigenvalue weighted by Gasteiger charge is 2.30. The van der Waals surface area contributed by atoms with Gasteiger partial charge < -0.3 is 29.5 Å². The molecule has 1 aliphatic rings. The molecule has 8 aromatic rings. The summed E-state index contributed by atoms with van der Waals surface area (Å²) < 4.78 is 14.0. The molecule has 0 unspecified atom stereocenters. The molecule has 4 heterocycles. The SMILES string of the molecule is CC(C)(C)c1cc2c(O)c(c1)Cc1cc(C(C)(C)C)cc(c1OCC(=O)N(Cc1ccccn1)Cc1ccccn1)Cc1cc(C(C)(C)C)cc(c1O)Cc1cc(C(C)(C)C)cc(c1OCC(=O)N(Cc1ccccn1)Cc1ccccn1)C2. The predicted octanol–water partition coefficient (Wildman–Crippen LogP) is 13.8. The van der Waals surface area contributed by atoms with Gasteiger partial charge in [-0.1, -0.05) is 156 Å². The Morgan fingerprint density at radius 1 is 0.381 bits per heavy atom. The fraction of sp³-hybridized carbons (Fsp3) is 0.361. The normalized spacial score (nSPS) is 12.8. The molecular formula is C72H82N6O6. The van der Waals surface area contributed by atoms with Gasteiger partial charge in [-0.05, 0) is 137 Å². The van der Waals surface area contributed by atoms with Crippen LogP contribution in [0.2, 0.25) is 0 Å². The highest BCUT2D eigenvalue weighted by Crippen LogP contribution is 2.44. The van der Waals surface area contributed by atoms with E-state index in [1.165, 1.54) is 0 Å². The van der Waals surface area contributed by atoms with Crippen molar-refractivity contribution in [1.29, 1.82) is 0 Å². The summed E-state index contributed by atoms with van der Waals surface area (Å²) in [6.45, 7) is 26.5. The van der Waals surface area contributed by atoms with Crippen LogP contribution in [0.4, 0.5) is 0 Å². The number of rotatable bonds is 14. The van der Waals surface area contributed by atoms with Gasteiger partial charge in [-0.15, -0.1) is 0 Å². The average molecular weight is 1130 g/mol. The van der Waals surface area contributed by atoms with Crippen LogP contribution in [-0.2, 0) is 83.1 Å². The van der Waals surface area contributed by atoms with E-state index in [4.69, 9.17) is 9.47 Å². The van der Waals surface area contributed by atoms with E-state index in [1.54, 1.807) is 34.6 Å². The molecule has 0 saturated carbocycles. The molecule has 9 rings (SSSR count). The van der Waals surface area contributed by atoms with Gasteiger partial charge >= 0.3 is 0 Å². The number of phenolic OH excluding ortho intramolecular Hbond substituents is 2. The maximum absolute atomic E-state index is 14.8. The van der Waals surface area contributed by atoms with Crippen molar-refractivity contribution in [1.82, 2.24) is 29.7 Å². The Kier molecular flexibility index (Phi) is 17.8. The van der Waals surface area contributed by atoms with Crippen LogP contribution in [0.5, 0.6) is 23.0 Å². The Labute approximate surface area is 497 Å². The zero-order valence-electron chi connectivity index (χ0n) is 51.1. The lowest BCUT2D eigenvalue weighted by atomic mass is 9.79. The van der Waals surface area contributed by atoms with Crippen LogP contribution in [0.25, 0.3) is 0 Å². The number of ether oxygens (including phenoxy) is 2. The molecule has 12 heteroatoms. The molecule has 2 amide bonds. The third-order valence-electron chi connectivity index (χ3n) is 15.7. The Morgan fingerprint density at radius 3 is 0.810 bits per heavy atom. The molecule has 0 radical (unpaired) electrons. The average Bonchev–Trinajstić information content (AvgIpc) is 3.13. The standard InChI is InChI=1S/C72H82N6O6/c1-69(2,3)55-33-47-29-51-37-57(71(7,8)9)39-53(67(51)83-45-63(79)77(41-59-21-13-17-25-73-59)42-60-22-14-18-26-74-60)31-49-35-56(70(4,5)6)36-50(66(49)82)32-54-40-58(72(10,11)12)38-52(30-48(34-55)65(47)81)68(54)84-46-64(80)78(43-61-23-15-19-27-75-61)44-62-24-16-20-28-76-62/h13-28,33-40,81-82H,29-32,41-46H2,1-12H3. The lowest BCUT2D eigenvalue weighted by Gasteiger charge is -2.28. The van der Waals surface area contributed by atoms with Crippen LogP contribution in [-0.4, -0.2) is 65.0 Å². The number of hydrogen-bond donors (Lipinski definition) is 2. The fourth-order valence-electron chi connectivity index (χ4n) is 10.7. The summed E-state index contributed by atoms with van der Waals surface area (Å²) in [4.78, 5) is 51.3. The number of pyridine rings is 4. The number of carbonyl (C=O) groups excluding carboxylic acids is 2. The van der Waals surface area contributed by atoms with Gasteiger partial charge in [0.25, 0.3) is 11.8 Å². The number of carbonyl (C=O) groups is 2. The summed E-state index contributed by atoms with van der Waals surface area (Å²) in [6.07, 6.45) is 7.89. The maximum atomic E-state index is 14.8. The van der Waals surface area contributed by atoms with E-state index in [1.807, 2.05) is 72.8 Å². The highest BCUT2D eigenvalue weighted by molar-refractivity contribution is 5.78. The van der Waals surface area contributed by atoms with Crippen molar-refractivity contribution < 1.29 is 29.3 Å². The van der Waals surface area contributed by atoms with Crippen molar-refractivity contribution in [3.05, 3.63) is 236 Å². The second-order valence-electron chi connectivity index (χ2n) is 26.6. The summed E-state index contributed by atoms with van der Waals surface area (Å²) in [5.74, 6) is 0.795. The molecule has 0 saturated heterocycles. The fourth-order valence-corrected chi connectivity index (χ4v) is 10.7. The third-order valence-corrected chi connectivity index (χ3v) is 15.7. The second-order valence-corrected chi connectivity index (χ2v) is 26.6. The zero-order valence-corrected chi connectivity index (χ0v) is 51.1. The minimum Gasteiger partial charge on any atom is -0.507 e. The molecule has 12 nitrogen and oxygen atoms in total.